The number of carbonyl (C=O) groups is 9. The monoisotopic (exact) mass is 972 g/mol. The third-order valence-corrected chi connectivity index (χ3v) is 12.3. The molecular weight excluding hydrogens is 910 g/mol. The molecule has 0 radical (unpaired) electrons. The highest BCUT2D eigenvalue weighted by molar-refractivity contribution is 6.38. The van der Waals surface area contributed by atoms with E-state index in [0.717, 1.165) is 64.2 Å². The number of benzene rings is 1. The third kappa shape index (κ3) is 16.9. The Morgan fingerprint density at radius 3 is 1.93 bits per heavy atom. The van der Waals surface area contributed by atoms with Gasteiger partial charge in [0.25, 0.3) is 11.8 Å². The lowest BCUT2D eigenvalue weighted by Crippen LogP contribution is -2.60. The maximum Gasteiger partial charge on any atom is 0.490 e. The lowest BCUT2D eigenvalue weighted by molar-refractivity contribution is -0.192. The number of carbonyl (C=O) groups excluding carboxylic acids is 8. The molecule has 8 N–H and O–H groups in total. The molecule has 1 aromatic heterocycles. The summed E-state index contributed by atoms with van der Waals surface area (Å²) >= 11 is 0. The highest BCUT2D eigenvalue weighted by Crippen LogP contribution is 2.30. The van der Waals surface area contributed by atoms with Gasteiger partial charge in [0, 0.05) is 39.6 Å². The van der Waals surface area contributed by atoms with Gasteiger partial charge < -0.3 is 47.2 Å². The van der Waals surface area contributed by atoms with Crippen LogP contribution in [0.15, 0.2) is 48.9 Å². The van der Waals surface area contributed by atoms with E-state index in [1.54, 1.807) is 51.4 Å². The molecule has 2 aromatic rings. The van der Waals surface area contributed by atoms with Gasteiger partial charge in [-0.15, -0.1) is 0 Å². The summed E-state index contributed by atoms with van der Waals surface area (Å²) in [5.41, 5.74) is 0.625. The van der Waals surface area contributed by atoms with Crippen molar-refractivity contribution in [3.63, 3.8) is 0 Å². The van der Waals surface area contributed by atoms with Gasteiger partial charge in [-0.3, -0.25) is 43.3 Å². The molecule has 0 spiro atoms. The molecule has 5 rings (SSSR count). The van der Waals surface area contributed by atoms with Crippen LogP contribution in [0.5, 0.6) is 0 Å². The predicted molar refractivity (Wildman–Crippen MR) is 241 cm³/mol. The summed E-state index contributed by atoms with van der Waals surface area (Å²) in [5.74, 6) is -8.93. The van der Waals surface area contributed by atoms with Gasteiger partial charge in [0.15, 0.2) is 0 Å². The van der Waals surface area contributed by atoms with E-state index in [1.165, 1.54) is 23.5 Å². The Labute approximate surface area is 397 Å². The van der Waals surface area contributed by atoms with Crippen molar-refractivity contribution in [3.8, 4) is 0 Å². The first kappa shape index (κ1) is 55.1. The second kappa shape index (κ2) is 26.9. The van der Waals surface area contributed by atoms with Gasteiger partial charge in [0.05, 0.1) is 30.7 Å². The summed E-state index contributed by atoms with van der Waals surface area (Å²) in [7, 11) is 3.11. The Morgan fingerprint density at radius 2 is 1.39 bits per heavy atom. The first-order chi connectivity index (χ1) is 32.8. The van der Waals surface area contributed by atoms with E-state index in [1.807, 2.05) is 0 Å². The number of carboxylic acid groups (broad SMARTS) is 1. The van der Waals surface area contributed by atoms with Gasteiger partial charge in [0.1, 0.15) is 23.8 Å². The number of amides is 7. The van der Waals surface area contributed by atoms with E-state index in [9.17, 15) is 51.5 Å². The fraction of sp³-hybridized carbons (Fsp3) is 0.587. The Morgan fingerprint density at radius 1 is 0.797 bits per heavy atom. The summed E-state index contributed by atoms with van der Waals surface area (Å²) < 4.78 is 31.7. The third-order valence-electron chi connectivity index (χ3n) is 12.3. The number of rotatable bonds is 19. The molecule has 0 unspecified atom stereocenters. The number of Topliss-reactive ketones (excluding diaryl/α,β-unsaturated/α-hetero) is 1. The van der Waals surface area contributed by atoms with Gasteiger partial charge in [-0.2, -0.15) is 13.2 Å². The number of hydrogen-bond donors (Lipinski definition) is 8. The quantitative estimate of drug-likeness (QED) is 0.0928. The number of carboxylic acids is 1. The van der Waals surface area contributed by atoms with Crippen molar-refractivity contribution in [2.45, 2.75) is 120 Å². The molecule has 3 fully saturated rings. The van der Waals surface area contributed by atoms with Crippen LogP contribution in [0.1, 0.15) is 106 Å². The van der Waals surface area contributed by atoms with Crippen molar-refractivity contribution in [2.75, 3.05) is 33.7 Å². The molecular formula is C46H63F3N10O10. The number of nitrogens with one attached hydrogen (secondary N) is 7. The first-order valence-corrected chi connectivity index (χ1v) is 23.2. The van der Waals surface area contributed by atoms with Gasteiger partial charge >= 0.3 is 12.1 Å². The second-order valence-electron chi connectivity index (χ2n) is 17.5. The zero-order chi connectivity index (χ0) is 50.7. The van der Waals surface area contributed by atoms with Crippen molar-refractivity contribution in [3.05, 3.63) is 60.2 Å². The van der Waals surface area contributed by atoms with E-state index >= 15 is 0 Å². The molecule has 2 heterocycles. The smallest absolute Gasteiger partial charge is 0.475 e. The summed E-state index contributed by atoms with van der Waals surface area (Å²) in [6.45, 7) is 1.64. The summed E-state index contributed by atoms with van der Waals surface area (Å²) in [5, 5.41) is 26.8. The van der Waals surface area contributed by atoms with Crippen LogP contribution in [-0.4, -0.2) is 137 Å². The SMILES string of the molecule is CCC[C@H](NC(=O)[C@@H]1CNC[C@@H]1NC(=O)[C@@H](NC(=O)[C@@H](NC(=O)c1cnccn1)C1CCCCC1)C1CCCCC1)C(=O)C(=O)NCC(=O)N[C@H](C(=O)N(C)C)c1ccccc1.O=C(O)C(F)(F)F. The Kier molecular flexibility index (Phi) is 21.5. The molecule has 2 aliphatic carbocycles. The minimum Gasteiger partial charge on any atom is -0.475 e. The average molecular weight is 973 g/mol. The minimum absolute atomic E-state index is 0.0822. The van der Waals surface area contributed by atoms with Crippen LogP contribution in [0.25, 0.3) is 0 Å². The van der Waals surface area contributed by atoms with Crippen LogP contribution in [-0.2, 0) is 38.4 Å². The van der Waals surface area contributed by atoms with Crippen LogP contribution in [0.2, 0.25) is 0 Å². The van der Waals surface area contributed by atoms with Crippen LogP contribution < -0.4 is 37.2 Å². The van der Waals surface area contributed by atoms with Gasteiger partial charge in [-0.05, 0) is 49.5 Å². The van der Waals surface area contributed by atoms with Gasteiger partial charge in [-0.1, -0.05) is 82.2 Å². The van der Waals surface area contributed by atoms with E-state index in [4.69, 9.17) is 9.90 Å². The fourth-order valence-corrected chi connectivity index (χ4v) is 8.63. The van der Waals surface area contributed by atoms with Crippen molar-refractivity contribution in [2.24, 2.45) is 17.8 Å². The number of nitrogens with zero attached hydrogens (tertiary/aromatic N) is 3. The zero-order valence-electron chi connectivity index (χ0n) is 38.9. The number of hydrogen-bond acceptors (Lipinski definition) is 12. The fourth-order valence-electron chi connectivity index (χ4n) is 8.63. The zero-order valence-corrected chi connectivity index (χ0v) is 38.9. The van der Waals surface area contributed by atoms with Crippen LogP contribution >= 0.6 is 0 Å². The number of aliphatic carboxylic acids is 1. The molecule has 3 aliphatic rings. The lowest BCUT2D eigenvalue weighted by atomic mass is 9.81. The van der Waals surface area contributed by atoms with Crippen molar-refractivity contribution < 1.29 is 61.4 Å². The number of ketones is 1. The first-order valence-electron chi connectivity index (χ1n) is 23.2. The average Bonchev–Trinajstić information content (AvgIpc) is 3.81. The Balaban J connectivity index is 0.00000137. The molecule has 2 saturated carbocycles. The van der Waals surface area contributed by atoms with Crippen molar-refractivity contribution in [1.82, 2.24) is 52.1 Å². The van der Waals surface area contributed by atoms with Crippen LogP contribution in [0, 0.1) is 17.8 Å². The normalized spacial score (nSPS) is 19.1. The molecule has 20 nitrogen and oxygen atoms in total. The summed E-state index contributed by atoms with van der Waals surface area (Å²) in [4.78, 5) is 126. The molecule has 1 saturated heterocycles. The standard InChI is InChI=1S/C44H62N10O8.C2HF3O2/c1-4-14-31(38(56)43(61)48-26-34(55)51-37(44(62)54(2)3)29-19-12-7-13-20-29)49-39(57)30-23-46-24-32(30)50-41(59)35(27-15-8-5-9-16-27)53-42(60)36(28-17-10-6-11-18-28)52-40(58)33-25-45-21-22-47-33;3-2(4,5)1(6)7/h7,12-13,19-22,25,27-28,30-32,35-37,46H,4-6,8-11,14-18,23-24,26H2,1-3H3,(H,48,61)(H,49,57)(H,50,59)(H,51,55)(H,52,58)(H,53,60);(H,6,7)/t30-,31+,32+,35+,36+,37+;/m1./s1. The summed E-state index contributed by atoms with van der Waals surface area (Å²) in [6, 6.07) is 3.88. The predicted octanol–water partition coefficient (Wildman–Crippen LogP) is 1.47. The number of halogens is 3. The van der Waals surface area contributed by atoms with E-state index in [-0.39, 0.29) is 42.9 Å². The van der Waals surface area contributed by atoms with E-state index < -0.39 is 96.0 Å². The molecule has 7 amide bonds. The lowest BCUT2D eigenvalue weighted by Gasteiger charge is -2.35. The van der Waals surface area contributed by atoms with E-state index in [2.05, 4.69) is 47.2 Å². The molecule has 1 aliphatic heterocycles. The molecule has 378 valence electrons. The Bertz CT molecular complexity index is 2090. The molecule has 23 heteroatoms. The minimum atomic E-state index is -5.08. The Hall–Kier alpha value is -6.52. The highest BCUT2D eigenvalue weighted by atomic mass is 19.4. The van der Waals surface area contributed by atoms with Gasteiger partial charge in [0.2, 0.25) is 35.3 Å². The molecule has 6 atom stereocenters. The van der Waals surface area contributed by atoms with Gasteiger partial charge in [-0.25, -0.2) is 9.78 Å². The maximum atomic E-state index is 14.3. The van der Waals surface area contributed by atoms with Crippen molar-refractivity contribution >= 4 is 53.1 Å². The van der Waals surface area contributed by atoms with Crippen molar-refractivity contribution in [1.29, 1.82) is 0 Å². The highest BCUT2D eigenvalue weighted by Gasteiger charge is 2.41. The number of likely N-dealkylation sites (N-methyl/N-ethyl adjacent to an activating group) is 1. The van der Waals surface area contributed by atoms with E-state index in [0.29, 0.717) is 12.0 Å². The van der Waals surface area contributed by atoms with Crippen LogP contribution in [0.3, 0.4) is 0 Å². The molecule has 69 heavy (non-hydrogen) atoms. The second-order valence-corrected chi connectivity index (χ2v) is 17.5. The number of alkyl halides is 3. The number of aromatic nitrogens is 2. The largest absolute Gasteiger partial charge is 0.490 e. The van der Waals surface area contributed by atoms with Crippen LogP contribution in [0.4, 0.5) is 13.2 Å². The molecule has 1 aromatic carbocycles. The maximum absolute atomic E-state index is 14.3. The summed E-state index contributed by atoms with van der Waals surface area (Å²) in [6.07, 6.45) is 8.31. The topological polar surface area (TPSA) is 287 Å². The molecule has 0 bridgehead atoms.